The zero-order chi connectivity index (χ0) is 35.6. The highest BCUT2D eigenvalue weighted by atomic mass is 28.2. The first-order valence-electron chi connectivity index (χ1n) is 18.8. The van der Waals surface area contributed by atoms with E-state index in [0.29, 0.717) is 0 Å². The molecule has 0 aliphatic carbocycles. The topological polar surface area (TPSA) is 4.93 Å². The quantitative estimate of drug-likeness (QED) is 0.0956. The van der Waals surface area contributed by atoms with E-state index < -0.39 is 9.52 Å². The first kappa shape index (κ1) is 30.8. The molecule has 0 aliphatic rings. The molecule has 0 aliphatic heterocycles. The van der Waals surface area contributed by atoms with Crippen molar-refractivity contribution in [2.24, 2.45) is 0 Å². The van der Waals surface area contributed by atoms with Crippen LogP contribution in [0.15, 0.2) is 200 Å². The van der Waals surface area contributed by atoms with Crippen molar-refractivity contribution >= 4 is 84.8 Å². The predicted molar refractivity (Wildman–Crippen MR) is 236 cm³/mol. The summed E-state index contributed by atoms with van der Waals surface area (Å²) in [4.78, 5) is 0. The molecule has 1 aromatic heterocycles. The molecule has 10 aromatic carbocycles. The number of fused-ring (bicyclic) bond motifs is 8. The van der Waals surface area contributed by atoms with E-state index in [1.807, 2.05) is 0 Å². The Balaban J connectivity index is 1.19. The van der Waals surface area contributed by atoms with Crippen molar-refractivity contribution in [2.45, 2.75) is 0 Å². The van der Waals surface area contributed by atoms with Crippen LogP contribution in [0.5, 0.6) is 0 Å². The highest BCUT2D eigenvalue weighted by Crippen LogP contribution is 2.46. The third-order valence-electron chi connectivity index (χ3n) is 11.4. The summed E-state index contributed by atoms with van der Waals surface area (Å²) in [6.07, 6.45) is 0. The van der Waals surface area contributed by atoms with Crippen molar-refractivity contribution in [2.75, 3.05) is 0 Å². The van der Waals surface area contributed by atoms with Crippen LogP contribution >= 0.6 is 0 Å². The Morgan fingerprint density at radius 1 is 0.315 bits per heavy atom. The van der Waals surface area contributed by atoms with Gasteiger partial charge in [-0.15, -0.1) is 0 Å². The summed E-state index contributed by atoms with van der Waals surface area (Å²) in [7, 11) is -0.687. The predicted octanol–water partition coefficient (Wildman–Crippen LogP) is 11.9. The molecule has 0 unspecified atom stereocenters. The number of aromatic nitrogens is 1. The summed E-state index contributed by atoms with van der Waals surface area (Å²) in [5, 5.41) is 15.8. The van der Waals surface area contributed by atoms with Gasteiger partial charge in [0.2, 0.25) is 0 Å². The molecule has 252 valence electrons. The van der Waals surface area contributed by atoms with Crippen LogP contribution < -0.4 is 10.4 Å². The number of hydrogen-bond donors (Lipinski definition) is 0. The standard InChI is InChI=1S/C52H35NSi/c1-2-15-37(16-3-1)54-38-30-31-46-48(33-38)52(47-32-35-14-4-5-17-39(35)40-18-6-7-19-41(40)47)45-23-9-8-22-44(45)51(46)34-26-28-36(29-27-34)53-49-24-12-10-20-42(49)43-21-11-13-25-50(43)53/h1-33H,54H2. The van der Waals surface area contributed by atoms with Crippen LogP contribution in [0.25, 0.3) is 92.8 Å². The highest BCUT2D eigenvalue weighted by Gasteiger charge is 2.20. The van der Waals surface area contributed by atoms with Crippen molar-refractivity contribution in [1.82, 2.24) is 4.57 Å². The Morgan fingerprint density at radius 2 is 0.852 bits per heavy atom. The number of hydrogen-bond acceptors (Lipinski definition) is 0. The maximum absolute atomic E-state index is 2.52. The molecular formula is C52H35NSi. The van der Waals surface area contributed by atoms with Crippen LogP contribution in [-0.2, 0) is 0 Å². The molecule has 11 rings (SSSR count). The third kappa shape index (κ3) is 4.85. The lowest BCUT2D eigenvalue weighted by atomic mass is 9.84. The number of nitrogens with zero attached hydrogens (tertiary/aromatic N) is 1. The van der Waals surface area contributed by atoms with E-state index in [2.05, 4.69) is 205 Å². The Bertz CT molecular complexity index is 3170. The molecule has 0 amide bonds. The zero-order valence-corrected chi connectivity index (χ0v) is 31.1. The van der Waals surface area contributed by atoms with Crippen LogP contribution in [0, 0.1) is 0 Å². The van der Waals surface area contributed by atoms with Crippen LogP contribution in [0.2, 0.25) is 0 Å². The minimum atomic E-state index is -0.687. The largest absolute Gasteiger partial charge is 0.309 e. The van der Waals surface area contributed by atoms with Crippen molar-refractivity contribution in [3.63, 3.8) is 0 Å². The minimum absolute atomic E-state index is 0.687. The Labute approximate surface area is 316 Å². The molecule has 2 heteroatoms. The van der Waals surface area contributed by atoms with Crippen LogP contribution in [0.3, 0.4) is 0 Å². The Hall–Kier alpha value is -6.74. The van der Waals surface area contributed by atoms with Gasteiger partial charge in [0.1, 0.15) is 0 Å². The lowest BCUT2D eigenvalue weighted by Gasteiger charge is -2.20. The summed E-state index contributed by atoms with van der Waals surface area (Å²) in [5.41, 5.74) is 8.74. The van der Waals surface area contributed by atoms with Crippen molar-refractivity contribution < 1.29 is 0 Å². The molecule has 0 atom stereocenters. The van der Waals surface area contributed by atoms with Crippen molar-refractivity contribution in [3.8, 4) is 27.9 Å². The van der Waals surface area contributed by atoms with E-state index in [1.165, 1.54) is 103 Å². The first-order chi connectivity index (χ1) is 26.8. The zero-order valence-electron chi connectivity index (χ0n) is 29.7. The average Bonchev–Trinajstić information content (AvgIpc) is 3.57. The minimum Gasteiger partial charge on any atom is -0.309 e. The van der Waals surface area contributed by atoms with Crippen LogP contribution in [-0.4, -0.2) is 14.1 Å². The molecule has 0 fully saturated rings. The molecule has 0 spiro atoms. The molecule has 0 bridgehead atoms. The average molecular weight is 702 g/mol. The van der Waals surface area contributed by atoms with E-state index in [9.17, 15) is 0 Å². The summed E-state index contributed by atoms with van der Waals surface area (Å²) < 4.78 is 2.40. The first-order valence-corrected chi connectivity index (χ1v) is 20.2. The maximum atomic E-state index is 2.52. The molecular weight excluding hydrogens is 667 g/mol. The van der Waals surface area contributed by atoms with Crippen LogP contribution in [0.1, 0.15) is 0 Å². The van der Waals surface area contributed by atoms with Gasteiger partial charge in [-0.1, -0.05) is 180 Å². The van der Waals surface area contributed by atoms with Gasteiger partial charge >= 0.3 is 0 Å². The molecule has 1 nitrogen and oxygen atoms in total. The molecule has 0 saturated heterocycles. The fraction of sp³-hybridized carbons (Fsp3) is 0. The molecule has 0 radical (unpaired) electrons. The Kier molecular flexibility index (Phi) is 7.11. The smallest absolute Gasteiger partial charge is 0.0875 e. The second-order valence-corrected chi connectivity index (χ2v) is 16.4. The van der Waals surface area contributed by atoms with Gasteiger partial charge in [-0.25, -0.2) is 0 Å². The van der Waals surface area contributed by atoms with E-state index in [-0.39, 0.29) is 0 Å². The lowest BCUT2D eigenvalue weighted by molar-refractivity contribution is 1.18. The van der Waals surface area contributed by atoms with Gasteiger partial charge in [0.25, 0.3) is 0 Å². The SMILES string of the molecule is c1ccc([SiH2]c2ccc3c(-c4ccc(-n5c6ccccc6c6ccccc65)cc4)c4ccccc4c(-c4cc5ccccc5c5ccccc45)c3c2)cc1. The summed E-state index contributed by atoms with van der Waals surface area (Å²) in [5.74, 6) is 0. The van der Waals surface area contributed by atoms with Crippen molar-refractivity contribution in [1.29, 1.82) is 0 Å². The van der Waals surface area contributed by atoms with Gasteiger partial charge < -0.3 is 4.57 Å². The number of benzene rings is 10. The van der Waals surface area contributed by atoms with E-state index in [1.54, 1.807) is 0 Å². The summed E-state index contributed by atoms with van der Waals surface area (Å²) in [6, 6.07) is 74.4. The second-order valence-electron chi connectivity index (χ2n) is 14.4. The summed E-state index contributed by atoms with van der Waals surface area (Å²) >= 11 is 0. The lowest BCUT2D eigenvalue weighted by Crippen LogP contribution is -2.26. The van der Waals surface area contributed by atoms with Gasteiger partial charge in [0, 0.05) is 16.5 Å². The van der Waals surface area contributed by atoms with Gasteiger partial charge in [-0.05, 0) is 95.7 Å². The fourth-order valence-electron chi connectivity index (χ4n) is 9.01. The van der Waals surface area contributed by atoms with Gasteiger partial charge in [0.05, 0.1) is 20.6 Å². The molecule has 1 heterocycles. The Morgan fingerprint density at radius 3 is 1.56 bits per heavy atom. The second kappa shape index (κ2) is 12.4. The molecule has 0 N–H and O–H groups in total. The summed E-state index contributed by atoms with van der Waals surface area (Å²) in [6.45, 7) is 0. The van der Waals surface area contributed by atoms with Crippen molar-refractivity contribution in [3.05, 3.63) is 200 Å². The van der Waals surface area contributed by atoms with Gasteiger partial charge in [0.15, 0.2) is 0 Å². The van der Waals surface area contributed by atoms with E-state index in [0.717, 1.165) is 0 Å². The van der Waals surface area contributed by atoms with Gasteiger partial charge in [-0.2, -0.15) is 0 Å². The molecule has 0 saturated carbocycles. The normalized spacial score (nSPS) is 12.0. The number of rotatable bonds is 5. The monoisotopic (exact) mass is 701 g/mol. The molecule has 11 aromatic rings. The maximum Gasteiger partial charge on any atom is 0.0875 e. The molecule has 54 heavy (non-hydrogen) atoms. The van der Waals surface area contributed by atoms with E-state index in [4.69, 9.17) is 0 Å². The fourth-order valence-corrected chi connectivity index (χ4v) is 10.5. The highest BCUT2D eigenvalue weighted by molar-refractivity contribution is 6.67. The van der Waals surface area contributed by atoms with E-state index >= 15 is 0 Å². The number of para-hydroxylation sites is 2. The van der Waals surface area contributed by atoms with Crippen LogP contribution in [0.4, 0.5) is 0 Å². The van der Waals surface area contributed by atoms with Gasteiger partial charge in [-0.3, -0.25) is 0 Å². The third-order valence-corrected chi connectivity index (χ3v) is 13.1.